The molecule has 0 fully saturated rings. The van der Waals surface area contributed by atoms with Crippen molar-refractivity contribution in [3.05, 3.63) is 59.2 Å². The highest BCUT2D eigenvalue weighted by atomic mass is 32.2. The van der Waals surface area contributed by atoms with Crippen LogP contribution in [-0.2, 0) is 10.0 Å². The first-order valence-corrected chi connectivity index (χ1v) is 8.23. The van der Waals surface area contributed by atoms with E-state index in [1.807, 2.05) is 45.0 Å². The molecular formula is C16H20N2O2S. The molecule has 2 aromatic rings. The second-order valence-corrected chi connectivity index (χ2v) is 6.98. The predicted octanol–water partition coefficient (Wildman–Crippen LogP) is 2.93. The summed E-state index contributed by atoms with van der Waals surface area (Å²) in [5.74, 6) is 0. The van der Waals surface area contributed by atoms with Crippen molar-refractivity contribution in [3.63, 3.8) is 0 Å². The molecule has 3 N–H and O–H groups in total. The Morgan fingerprint density at radius 2 is 1.57 bits per heavy atom. The number of rotatable bonds is 4. The maximum atomic E-state index is 12.4. The SMILES string of the molecule is Cc1ccc(C(C)NS(=O)(=O)c2ccc(C)cc2N)cc1. The lowest BCUT2D eigenvalue weighted by Gasteiger charge is -2.16. The summed E-state index contributed by atoms with van der Waals surface area (Å²) in [6, 6.07) is 12.4. The van der Waals surface area contributed by atoms with Crippen molar-refractivity contribution >= 4 is 15.7 Å². The molecule has 112 valence electrons. The van der Waals surface area contributed by atoms with E-state index in [4.69, 9.17) is 5.73 Å². The number of hydrogen-bond acceptors (Lipinski definition) is 3. The Balaban J connectivity index is 2.26. The number of hydrogen-bond donors (Lipinski definition) is 2. The molecular weight excluding hydrogens is 284 g/mol. The number of aryl methyl sites for hydroxylation is 2. The van der Waals surface area contributed by atoms with E-state index in [0.29, 0.717) is 0 Å². The highest BCUT2D eigenvalue weighted by molar-refractivity contribution is 7.89. The Kier molecular flexibility index (Phi) is 4.34. The van der Waals surface area contributed by atoms with Crippen molar-refractivity contribution in [1.82, 2.24) is 4.72 Å². The average Bonchev–Trinajstić information content (AvgIpc) is 2.38. The van der Waals surface area contributed by atoms with Gasteiger partial charge < -0.3 is 5.73 Å². The fourth-order valence-corrected chi connectivity index (χ4v) is 3.48. The number of nitrogens with two attached hydrogens (primary N) is 1. The van der Waals surface area contributed by atoms with Crippen molar-refractivity contribution in [2.45, 2.75) is 31.7 Å². The smallest absolute Gasteiger partial charge is 0.243 e. The third-order valence-electron chi connectivity index (χ3n) is 3.36. The Hall–Kier alpha value is -1.85. The zero-order valence-corrected chi connectivity index (χ0v) is 13.2. The Morgan fingerprint density at radius 3 is 2.14 bits per heavy atom. The third kappa shape index (κ3) is 3.62. The maximum absolute atomic E-state index is 12.4. The lowest BCUT2D eigenvalue weighted by atomic mass is 10.1. The van der Waals surface area contributed by atoms with Gasteiger partial charge in [0, 0.05) is 6.04 Å². The molecule has 0 bridgehead atoms. The zero-order valence-electron chi connectivity index (χ0n) is 12.4. The first-order valence-electron chi connectivity index (χ1n) is 6.74. The molecule has 0 saturated carbocycles. The van der Waals surface area contributed by atoms with E-state index >= 15 is 0 Å². The highest BCUT2D eigenvalue weighted by Gasteiger charge is 2.20. The molecule has 0 aliphatic carbocycles. The first-order chi connectivity index (χ1) is 9.79. The van der Waals surface area contributed by atoms with Gasteiger partial charge in [-0.15, -0.1) is 0 Å². The minimum Gasteiger partial charge on any atom is -0.398 e. The van der Waals surface area contributed by atoms with Gasteiger partial charge in [0.05, 0.1) is 5.69 Å². The standard InChI is InChI=1S/C16H20N2O2S/c1-11-4-7-14(8-5-11)13(3)18-21(19,20)16-9-6-12(2)10-15(16)17/h4-10,13,18H,17H2,1-3H3. The van der Waals surface area contributed by atoms with Gasteiger partial charge in [0.25, 0.3) is 0 Å². The van der Waals surface area contributed by atoms with E-state index < -0.39 is 10.0 Å². The predicted molar refractivity (Wildman–Crippen MR) is 85.5 cm³/mol. The maximum Gasteiger partial charge on any atom is 0.243 e. The lowest BCUT2D eigenvalue weighted by Crippen LogP contribution is -2.27. The van der Waals surface area contributed by atoms with E-state index in [1.165, 1.54) is 6.07 Å². The summed E-state index contributed by atoms with van der Waals surface area (Å²) in [7, 11) is -3.64. The molecule has 0 saturated heterocycles. The zero-order chi connectivity index (χ0) is 15.6. The molecule has 2 rings (SSSR count). The molecule has 21 heavy (non-hydrogen) atoms. The molecule has 4 nitrogen and oxygen atoms in total. The normalized spacial score (nSPS) is 13.1. The van der Waals surface area contributed by atoms with Gasteiger partial charge in [-0.3, -0.25) is 0 Å². The minimum atomic E-state index is -3.64. The van der Waals surface area contributed by atoms with Gasteiger partial charge in [0.2, 0.25) is 10.0 Å². The Labute approximate surface area is 126 Å². The molecule has 1 unspecified atom stereocenters. The van der Waals surface area contributed by atoms with Crippen LogP contribution >= 0.6 is 0 Å². The van der Waals surface area contributed by atoms with Crippen LogP contribution in [0.5, 0.6) is 0 Å². The quantitative estimate of drug-likeness (QED) is 0.853. The van der Waals surface area contributed by atoms with Gasteiger partial charge >= 0.3 is 0 Å². The highest BCUT2D eigenvalue weighted by Crippen LogP contribution is 2.22. The summed E-state index contributed by atoms with van der Waals surface area (Å²) in [5, 5.41) is 0. The molecule has 2 aromatic carbocycles. The van der Waals surface area contributed by atoms with Crippen LogP contribution in [-0.4, -0.2) is 8.42 Å². The number of nitrogen functional groups attached to an aromatic ring is 1. The van der Waals surface area contributed by atoms with Gasteiger partial charge in [-0.1, -0.05) is 35.9 Å². The number of sulfonamides is 1. The Bertz CT molecular complexity index is 737. The minimum absolute atomic E-state index is 0.118. The topological polar surface area (TPSA) is 72.2 Å². The number of anilines is 1. The molecule has 0 aromatic heterocycles. The van der Waals surface area contributed by atoms with E-state index in [2.05, 4.69) is 4.72 Å². The van der Waals surface area contributed by atoms with Crippen molar-refractivity contribution in [2.24, 2.45) is 0 Å². The van der Waals surface area contributed by atoms with Gasteiger partial charge in [-0.2, -0.15) is 0 Å². The van der Waals surface area contributed by atoms with Crippen molar-refractivity contribution in [2.75, 3.05) is 5.73 Å². The fraction of sp³-hybridized carbons (Fsp3) is 0.250. The average molecular weight is 304 g/mol. The summed E-state index contributed by atoms with van der Waals surface area (Å²) in [6.07, 6.45) is 0. The van der Waals surface area contributed by atoms with Gasteiger partial charge in [0.1, 0.15) is 4.90 Å². The molecule has 0 radical (unpaired) electrons. The van der Waals surface area contributed by atoms with E-state index in [1.54, 1.807) is 12.1 Å². The second-order valence-electron chi connectivity index (χ2n) is 5.29. The summed E-state index contributed by atoms with van der Waals surface area (Å²) in [4.78, 5) is 0.118. The van der Waals surface area contributed by atoms with Crippen LogP contribution in [0.25, 0.3) is 0 Å². The van der Waals surface area contributed by atoms with Crippen LogP contribution in [0.2, 0.25) is 0 Å². The van der Waals surface area contributed by atoms with Crippen molar-refractivity contribution in [1.29, 1.82) is 0 Å². The van der Waals surface area contributed by atoms with Crippen LogP contribution in [0, 0.1) is 13.8 Å². The number of benzene rings is 2. The molecule has 0 heterocycles. The summed E-state index contributed by atoms with van der Waals surface area (Å²) in [5.41, 5.74) is 9.06. The molecule has 0 spiro atoms. The van der Waals surface area contributed by atoms with Gasteiger partial charge in [0.15, 0.2) is 0 Å². The summed E-state index contributed by atoms with van der Waals surface area (Å²) < 4.78 is 27.5. The van der Waals surface area contributed by atoms with Gasteiger partial charge in [-0.05, 0) is 44.0 Å². The molecule has 0 amide bonds. The van der Waals surface area contributed by atoms with Crippen LogP contribution in [0.15, 0.2) is 47.4 Å². The molecule has 5 heteroatoms. The number of nitrogens with one attached hydrogen (secondary N) is 1. The molecule has 1 atom stereocenters. The van der Waals surface area contributed by atoms with Crippen LogP contribution < -0.4 is 10.5 Å². The lowest BCUT2D eigenvalue weighted by molar-refractivity contribution is 0.567. The molecule has 0 aliphatic rings. The van der Waals surface area contributed by atoms with Crippen LogP contribution in [0.3, 0.4) is 0 Å². The molecule has 0 aliphatic heterocycles. The summed E-state index contributed by atoms with van der Waals surface area (Å²) in [6.45, 7) is 5.67. The fourth-order valence-electron chi connectivity index (χ4n) is 2.13. The Morgan fingerprint density at radius 1 is 1.00 bits per heavy atom. The van der Waals surface area contributed by atoms with E-state index in [-0.39, 0.29) is 16.6 Å². The largest absolute Gasteiger partial charge is 0.398 e. The van der Waals surface area contributed by atoms with E-state index in [9.17, 15) is 8.42 Å². The van der Waals surface area contributed by atoms with Crippen LogP contribution in [0.4, 0.5) is 5.69 Å². The summed E-state index contributed by atoms with van der Waals surface area (Å²) >= 11 is 0. The van der Waals surface area contributed by atoms with Gasteiger partial charge in [-0.25, -0.2) is 13.1 Å². The van der Waals surface area contributed by atoms with Crippen LogP contribution in [0.1, 0.15) is 29.7 Å². The second kappa shape index (κ2) is 5.87. The first kappa shape index (κ1) is 15.5. The van der Waals surface area contributed by atoms with Crippen molar-refractivity contribution < 1.29 is 8.42 Å². The monoisotopic (exact) mass is 304 g/mol. The third-order valence-corrected chi connectivity index (χ3v) is 4.98. The van der Waals surface area contributed by atoms with E-state index in [0.717, 1.165) is 16.7 Å². The van der Waals surface area contributed by atoms with Crippen molar-refractivity contribution in [3.8, 4) is 0 Å².